The van der Waals surface area contributed by atoms with Crippen LogP contribution in [0.5, 0.6) is 0 Å². The van der Waals surface area contributed by atoms with Crippen LogP contribution in [0.4, 0.5) is 5.95 Å². The van der Waals surface area contributed by atoms with Crippen LogP contribution in [0.2, 0.25) is 0 Å². The molecule has 0 aliphatic rings. The van der Waals surface area contributed by atoms with Crippen molar-refractivity contribution in [3.8, 4) is 0 Å². The van der Waals surface area contributed by atoms with E-state index in [2.05, 4.69) is 20.4 Å². The van der Waals surface area contributed by atoms with E-state index in [1.807, 2.05) is 24.3 Å². The standard InChI is InChI=1S/C13H12N4O3/c1-19-7-8-6-11(17-20-8)12(18)16-13-14-9-4-2-3-5-10(9)15-13/h2-6H,7H2,1H3,(H2,14,15,16,18). The number of rotatable bonds is 4. The second kappa shape index (κ2) is 5.14. The molecule has 0 bridgehead atoms. The van der Waals surface area contributed by atoms with Crippen LogP contribution < -0.4 is 5.32 Å². The van der Waals surface area contributed by atoms with Gasteiger partial charge in [0.05, 0.1) is 11.0 Å². The average Bonchev–Trinajstić information content (AvgIpc) is 3.04. The van der Waals surface area contributed by atoms with Crippen molar-refractivity contribution in [2.24, 2.45) is 0 Å². The number of aromatic nitrogens is 3. The quantitative estimate of drug-likeness (QED) is 0.757. The van der Waals surface area contributed by atoms with Crippen molar-refractivity contribution in [2.45, 2.75) is 6.61 Å². The number of methoxy groups -OCH3 is 1. The summed E-state index contributed by atoms with van der Waals surface area (Å²) < 4.78 is 9.85. The van der Waals surface area contributed by atoms with Crippen LogP contribution in [0.15, 0.2) is 34.9 Å². The van der Waals surface area contributed by atoms with Crippen LogP contribution >= 0.6 is 0 Å². The van der Waals surface area contributed by atoms with Gasteiger partial charge in [0.15, 0.2) is 11.5 Å². The van der Waals surface area contributed by atoms with E-state index < -0.39 is 5.91 Å². The number of aromatic amines is 1. The number of benzene rings is 1. The molecule has 0 atom stereocenters. The summed E-state index contributed by atoms with van der Waals surface area (Å²) in [6.07, 6.45) is 0. The monoisotopic (exact) mass is 272 g/mol. The molecule has 0 spiro atoms. The van der Waals surface area contributed by atoms with Gasteiger partial charge in [-0.25, -0.2) is 4.98 Å². The Kier molecular flexibility index (Phi) is 3.18. The zero-order valence-electron chi connectivity index (χ0n) is 10.7. The van der Waals surface area contributed by atoms with Crippen molar-refractivity contribution < 1.29 is 14.1 Å². The highest BCUT2D eigenvalue weighted by molar-refractivity contribution is 6.02. The van der Waals surface area contributed by atoms with Gasteiger partial charge in [0.1, 0.15) is 6.61 Å². The highest BCUT2D eigenvalue weighted by Crippen LogP contribution is 2.14. The lowest BCUT2D eigenvalue weighted by molar-refractivity contribution is 0.101. The number of imidazole rings is 1. The van der Waals surface area contributed by atoms with Crippen LogP contribution in [-0.2, 0) is 11.3 Å². The molecule has 7 heteroatoms. The lowest BCUT2D eigenvalue weighted by atomic mass is 10.3. The van der Waals surface area contributed by atoms with E-state index in [0.717, 1.165) is 11.0 Å². The van der Waals surface area contributed by atoms with Crippen LogP contribution in [0.3, 0.4) is 0 Å². The van der Waals surface area contributed by atoms with Crippen molar-refractivity contribution in [1.29, 1.82) is 0 Å². The molecule has 0 saturated heterocycles. The molecular weight excluding hydrogens is 260 g/mol. The van der Waals surface area contributed by atoms with Crippen molar-refractivity contribution in [1.82, 2.24) is 15.1 Å². The van der Waals surface area contributed by atoms with Gasteiger partial charge in [0.25, 0.3) is 5.91 Å². The van der Waals surface area contributed by atoms with Crippen molar-refractivity contribution >= 4 is 22.9 Å². The molecule has 1 aromatic carbocycles. The van der Waals surface area contributed by atoms with Gasteiger partial charge in [-0.05, 0) is 12.1 Å². The number of carbonyl (C=O) groups is 1. The van der Waals surface area contributed by atoms with Crippen molar-refractivity contribution in [3.05, 3.63) is 41.8 Å². The molecule has 2 aromatic heterocycles. The number of hydrogen-bond donors (Lipinski definition) is 2. The Morgan fingerprint density at radius 2 is 2.30 bits per heavy atom. The number of fused-ring (bicyclic) bond motifs is 1. The molecule has 2 N–H and O–H groups in total. The molecule has 0 aliphatic heterocycles. The summed E-state index contributed by atoms with van der Waals surface area (Å²) in [5, 5.41) is 6.31. The second-order valence-electron chi connectivity index (χ2n) is 4.17. The first-order chi connectivity index (χ1) is 9.76. The Hall–Kier alpha value is -2.67. The van der Waals surface area contributed by atoms with Gasteiger partial charge in [-0.1, -0.05) is 17.3 Å². The Balaban J connectivity index is 1.77. The molecule has 0 aliphatic carbocycles. The SMILES string of the molecule is COCc1cc(C(=O)Nc2nc3ccccc3[nH]2)no1. The minimum Gasteiger partial charge on any atom is -0.377 e. The number of H-pyrrole nitrogens is 1. The summed E-state index contributed by atoms with van der Waals surface area (Å²) in [6, 6.07) is 9.03. The molecule has 0 radical (unpaired) electrons. The third kappa shape index (κ3) is 2.39. The van der Waals surface area contributed by atoms with Crippen molar-refractivity contribution in [2.75, 3.05) is 12.4 Å². The van der Waals surface area contributed by atoms with Gasteiger partial charge in [-0.15, -0.1) is 0 Å². The number of carbonyl (C=O) groups excluding carboxylic acids is 1. The summed E-state index contributed by atoms with van der Waals surface area (Å²) in [7, 11) is 1.54. The molecule has 20 heavy (non-hydrogen) atoms. The maximum atomic E-state index is 12.0. The van der Waals surface area contributed by atoms with E-state index >= 15 is 0 Å². The van der Waals surface area contributed by atoms with Gasteiger partial charge in [-0.2, -0.15) is 0 Å². The third-order valence-electron chi connectivity index (χ3n) is 2.70. The van der Waals surface area contributed by atoms with Crippen molar-refractivity contribution in [3.63, 3.8) is 0 Å². The molecule has 102 valence electrons. The Morgan fingerprint density at radius 3 is 3.10 bits per heavy atom. The molecule has 3 aromatic rings. The van der Waals surface area contributed by atoms with Gasteiger partial charge in [-0.3, -0.25) is 10.1 Å². The maximum Gasteiger partial charge on any atom is 0.280 e. The molecule has 2 heterocycles. The fourth-order valence-electron chi connectivity index (χ4n) is 1.81. The number of anilines is 1. The fourth-order valence-corrected chi connectivity index (χ4v) is 1.81. The minimum absolute atomic E-state index is 0.178. The van der Waals surface area contributed by atoms with Gasteiger partial charge in [0.2, 0.25) is 5.95 Å². The highest BCUT2D eigenvalue weighted by atomic mass is 16.5. The molecule has 0 unspecified atom stereocenters. The minimum atomic E-state index is -0.393. The number of nitrogens with zero attached hydrogens (tertiary/aromatic N) is 2. The van der Waals surface area contributed by atoms with Crippen LogP contribution in [-0.4, -0.2) is 28.1 Å². The topological polar surface area (TPSA) is 93.0 Å². The number of hydrogen-bond acceptors (Lipinski definition) is 5. The summed E-state index contributed by atoms with van der Waals surface area (Å²) in [5.41, 5.74) is 1.81. The zero-order valence-corrected chi connectivity index (χ0v) is 10.7. The molecule has 0 fully saturated rings. The third-order valence-corrected chi connectivity index (χ3v) is 2.70. The first-order valence-corrected chi connectivity index (χ1v) is 5.97. The predicted octanol–water partition coefficient (Wildman–Crippen LogP) is 1.95. The molecule has 7 nitrogen and oxygen atoms in total. The van der Waals surface area contributed by atoms with Crippen LogP contribution in [0, 0.1) is 0 Å². The van der Waals surface area contributed by atoms with Gasteiger partial charge < -0.3 is 14.2 Å². The number of para-hydroxylation sites is 2. The maximum absolute atomic E-state index is 12.0. The number of nitrogens with one attached hydrogen (secondary N) is 2. The van der Waals surface area contributed by atoms with Crippen LogP contribution in [0.1, 0.15) is 16.2 Å². The summed E-state index contributed by atoms with van der Waals surface area (Å²) in [6.45, 7) is 0.269. The number of amides is 1. The summed E-state index contributed by atoms with van der Waals surface area (Å²) >= 11 is 0. The van der Waals surface area contributed by atoms with E-state index in [1.54, 1.807) is 0 Å². The van der Waals surface area contributed by atoms with E-state index in [-0.39, 0.29) is 12.3 Å². The Morgan fingerprint density at radius 1 is 1.45 bits per heavy atom. The van der Waals surface area contributed by atoms with E-state index in [4.69, 9.17) is 9.26 Å². The summed E-state index contributed by atoms with van der Waals surface area (Å²) in [5.74, 6) is 0.463. The highest BCUT2D eigenvalue weighted by Gasteiger charge is 2.14. The lowest BCUT2D eigenvalue weighted by Gasteiger charge is -1.96. The molecule has 3 rings (SSSR count). The van der Waals surface area contributed by atoms with Crippen LogP contribution in [0.25, 0.3) is 11.0 Å². The molecular formula is C13H12N4O3. The fraction of sp³-hybridized carbons (Fsp3) is 0.154. The zero-order chi connectivity index (χ0) is 13.9. The van der Waals surface area contributed by atoms with E-state index in [9.17, 15) is 4.79 Å². The molecule has 1 amide bonds. The largest absolute Gasteiger partial charge is 0.377 e. The van der Waals surface area contributed by atoms with Gasteiger partial charge >= 0.3 is 0 Å². The van der Waals surface area contributed by atoms with E-state index in [0.29, 0.717) is 11.7 Å². The average molecular weight is 272 g/mol. The smallest absolute Gasteiger partial charge is 0.280 e. The first kappa shape index (κ1) is 12.4. The lowest BCUT2D eigenvalue weighted by Crippen LogP contribution is -2.13. The summed E-state index contributed by atoms with van der Waals surface area (Å²) in [4.78, 5) is 19.2. The normalized spacial score (nSPS) is 10.8. The predicted molar refractivity (Wildman–Crippen MR) is 71.3 cm³/mol. The first-order valence-electron chi connectivity index (χ1n) is 5.97. The van der Waals surface area contributed by atoms with Gasteiger partial charge in [0, 0.05) is 13.2 Å². The van der Waals surface area contributed by atoms with E-state index in [1.165, 1.54) is 13.2 Å². The number of ether oxygens (including phenoxy) is 1. The Bertz CT molecular complexity index is 714. The second-order valence-corrected chi connectivity index (χ2v) is 4.17. The Labute approximate surface area is 113 Å². The molecule has 0 saturated carbocycles.